The Morgan fingerprint density at radius 2 is 2.24 bits per heavy atom. The van der Waals surface area contributed by atoms with Crippen LogP contribution in [0.4, 0.5) is 5.00 Å². The third-order valence-corrected chi connectivity index (χ3v) is 8.38. The van der Waals surface area contributed by atoms with Crippen LogP contribution in [0.1, 0.15) is 66.7 Å². The number of thiophene rings is 1. The number of nitrogens with zero attached hydrogens (tertiary/aromatic N) is 4. The normalized spacial score (nSPS) is 16.8. The van der Waals surface area contributed by atoms with Crippen LogP contribution in [-0.2, 0) is 10.2 Å². The van der Waals surface area contributed by atoms with Gasteiger partial charge in [0.15, 0.2) is 5.16 Å². The lowest BCUT2D eigenvalue weighted by Gasteiger charge is -2.29. The number of hydrogen-bond donors (Lipinski definition) is 1. The van der Waals surface area contributed by atoms with Gasteiger partial charge in [-0.3, -0.25) is 4.79 Å². The molecule has 2 aliphatic carbocycles. The van der Waals surface area contributed by atoms with Crippen LogP contribution in [0.25, 0.3) is 12.2 Å². The minimum atomic E-state index is -0.155. The number of carbonyl (C=O) groups excluding carboxylic acids is 1. The average molecular weight is 492 g/mol. The van der Waals surface area contributed by atoms with Crippen LogP contribution >= 0.6 is 23.1 Å². The number of furan rings is 1. The summed E-state index contributed by atoms with van der Waals surface area (Å²) in [4.78, 5) is 13.9. The van der Waals surface area contributed by atoms with Gasteiger partial charge in [-0.05, 0) is 56.0 Å². The summed E-state index contributed by atoms with van der Waals surface area (Å²) < 4.78 is 7.68. The van der Waals surface area contributed by atoms with E-state index in [-0.39, 0.29) is 17.1 Å². The van der Waals surface area contributed by atoms with Gasteiger partial charge in [0, 0.05) is 21.9 Å². The molecule has 0 atom stereocenters. The Bertz CT molecular complexity index is 1350. The second-order valence-corrected chi connectivity index (χ2v) is 11.3. The average Bonchev–Trinajstić information content (AvgIpc) is 3.20. The van der Waals surface area contributed by atoms with Crippen molar-refractivity contribution in [2.24, 2.45) is 0 Å². The number of fused-ring (bicyclic) bond motifs is 1. The SMILES string of the molecule is Cc1ccc(/C=C/C2=Cc3c(sc(NC(=O)CSc4nncn4C4CC4)c3C#N)C(C)(C)C2)o1. The Labute approximate surface area is 206 Å². The molecule has 1 fully saturated rings. The highest BCUT2D eigenvalue weighted by Crippen LogP contribution is 2.47. The summed E-state index contributed by atoms with van der Waals surface area (Å²) in [6, 6.07) is 6.66. The van der Waals surface area contributed by atoms with Gasteiger partial charge in [-0.2, -0.15) is 5.26 Å². The fraction of sp³-hybridized carbons (Fsp3) is 0.360. The first-order valence-corrected chi connectivity index (χ1v) is 13.0. The molecule has 0 aliphatic heterocycles. The number of rotatable bonds is 7. The molecule has 34 heavy (non-hydrogen) atoms. The number of nitrogens with one attached hydrogen (secondary N) is 1. The van der Waals surface area contributed by atoms with Crippen LogP contribution < -0.4 is 5.32 Å². The van der Waals surface area contributed by atoms with Crippen LogP contribution in [0.15, 0.2) is 39.7 Å². The summed E-state index contributed by atoms with van der Waals surface area (Å²) in [5.74, 6) is 1.74. The number of aryl methyl sites for hydroxylation is 1. The van der Waals surface area contributed by atoms with E-state index >= 15 is 0 Å². The molecule has 2 aliphatic rings. The largest absolute Gasteiger partial charge is 0.462 e. The van der Waals surface area contributed by atoms with Crippen molar-refractivity contribution in [3.8, 4) is 6.07 Å². The number of hydrogen-bond acceptors (Lipinski definition) is 7. The Hall–Kier alpha value is -3.09. The molecule has 1 saturated carbocycles. The van der Waals surface area contributed by atoms with Crippen molar-refractivity contribution >= 4 is 46.2 Å². The van der Waals surface area contributed by atoms with Gasteiger partial charge in [-0.25, -0.2) is 0 Å². The number of amides is 1. The molecule has 3 aromatic heterocycles. The highest BCUT2D eigenvalue weighted by atomic mass is 32.2. The second kappa shape index (κ2) is 8.93. The highest BCUT2D eigenvalue weighted by Gasteiger charge is 2.33. The van der Waals surface area contributed by atoms with Crippen LogP contribution in [0, 0.1) is 18.3 Å². The first-order valence-electron chi connectivity index (χ1n) is 11.2. The summed E-state index contributed by atoms with van der Waals surface area (Å²) in [5, 5.41) is 22.4. The molecule has 0 unspecified atom stereocenters. The Morgan fingerprint density at radius 3 is 2.94 bits per heavy atom. The minimum Gasteiger partial charge on any atom is -0.462 e. The van der Waals surface area contributed by atoms with Crippen molar-refractivity contribution in [3.63, 3.8) is 0 Å². The van der Waals surface area contributed by atoms with Crippen molar-refractivity contribution < 1.29 is 9.21 Å². The van der Waals surface area contributed by atoms with E-state index in [0.29, 0.717) is 16.6 Å². The van der Waals surface area contributed by atoms with E-state index in [1.165, 1.54) is 23.1 Å². The van der Waals surface area contributed by atoms with Gasteiger partial charge >= 0.3 is 0 Å². The summed E-state index contributed by atoms with van der Waals surface area (Å²) in [5.41, 5.74) is 2.38. The number of anilines is 1. The van der Waals surface area contributed by atoms with E-state index in [1.54, 1.807) is 6.33 Å². The quantitative estimate of drug-likeness (QED) is 0.410. The standard InChI is InChI=1S/C25H25N5O2S2/c1-15-4-8-18(32-15)9-5-16-10-19-20(12-26)23(34-22(19)25(2,3)11-16)28-21(31)13-33-24-29-27-14-30(24)17-6-7-17/h4-5,8-10,14,17H,6-7,11,13H2,1-3H3,(H,28,31)/b9-5+. The van der Waals surface area contributed by atoms with Gasteiger partial charge in [-0.15, -0.1) is 21.5 Å². The van der Waals surface area contributed by atoms with Crippen molar-refractivity contribution in [1.82, 2.24) is 14.8 Å². The maximum Gasteiger partial charge on any atom is 0.235 e. The summed E-state index contributed by atoms with van der Waals surface area (Å²) >= 11 is 2.87. The van der Waals surface area contributed by atoms with Gasteiger partial charge in [-0.1, -0.05) is 31.7 Å². The number of aromatic nitrogens is 3. The number of allylic oxidation sites excluding steroid dienone is 2. The maximum atomic E-state index is 12.7. The first-order chi connectivity index (χ1) is 16.3. The van der Waals surface area contributed by atoms with Crippen LogP contribution in [-0.4, -0.2) is 26.4 Å². The third-order valence-electron chi connectivity index (χ3n) is 5.94. The van der Waals surface area contributed by atoms with Gasteiger partial charge in [0.05, 0.1) is 11.3 Å². The minimum absolute atomic E-state index is 0.152. The molecule has 7 nitrogen and oxygen atoms in total. The van der Waals surface area contributed by atoms with Crippen molar-refractivity contribution in [3.05, 3.63) is 57.6 Å². The van der Waals surface area contributed by atoms with Crippen LogP contribution in [0.3, 0.4) is 0 Å². The highest BCUT2D eigenvalue weighted by molar-refractivity contribution is 7.99. The summed E-state index contributed by atoms with van der Waals surface area (Å²) in [6.45, 7) is 6.27. The molecule has 5 rings (SSSR count). The zero-order valence-electron chi connectivity index (χ0n) is 19.3. The van der Waals surface area contributed by atoms with Gasteiger partial charge in [0.25, 0.3) is 0 Å². The predicted octanol–water partition coefficient (Wildman–Crippen LogP) is 5.96. The Morgan fingerprint density at radius 1 is 1.41 bits per heavy atom. The van der Waals surface area contributed by atoms with E-state index in [4.69, 9.17) is 4.42 Å². The molecule has 174 valence electrons. The molecule has 1 amide bonds. The molecule has 9 heteroatoms. The Balaban J connectivity index is 1.34. The lowest BCUT2D eigenvalue weighted by Crippen LogP contribution is -2.20. The number of nitriles is 1. The molecular weight excluding hydrogens is 466 g/mol. The van der Waals surface area contributed by atoms with Crippen molar-refractivity contribution in [2.45, 2.75) is 56.6 Å². The first kappa shape index (κ1) is 22.7. The third kappa shape index (κ3) is 4.61. The summed E-state index contributed by atoms with van der Waals surface area (Å²) in [7, 11) is 0. The lowest BCUT2D eigenvalue weighted by atomic mass is 9.77. The summed E-state index contributed by atoms with van der Waals surface area (Å²) in [6.07, 6.45) is 10.9. The second-order valence-electron chi connectivity index (χ2n) is 9.31. The number of carbonyl (C=O) groups is 1. The van der Waals surface area contributed by atoms with Crippen LogP contribution in [0.2, 0.25) is 0 Å². The Kier molecular flexibility index (Phi) is 5.96. The molecule has 3 aromatic rings. The fourth-order valence-corrected chi connectivity index (χ4v) is 6.21. The van der Waals surface area contributed by atoms with E-state index < -0.39 is 0 Å². The van der Waals surface area contributed by atoms with E-state index in [2.05, 4.69) is 41.5 Å². The molecule has 0 bridgehead atoms. The molecule has 0 aromatic carbocycles. The maximum absolute atomic E-state index is 12.7. The zero-order chi connectivity index (χ0) is 23.9. The van der Waals surface area contributed by atoms with Gasteiger partial charge in [0.2, 0.25) is 5.91 Å². The molecule has 0 radical (unpaired) electrons. The molecule has 1 N–H and O–H groups in total. The number of thioether (sulfide) groups is 1. The van der Waals surface area contributed by atoms with Gasteiger partial charge in [0.1, 0.15) is 28.9 Å². The zero-order valence-corrected chi connectivity index (χ0v) is 20.9. The van der Waals surface area contributed by atoms with Crippen molar-refractivity contribution in [2.75, 3.05) is 11.1 Å². The smallest absolute Gasteiger partial charge is 0.235 e. The molecule has 0 spiro atoms. The van der Waals surface area contributed by atoms with Gasteiger partial charge < -0.3 is 14.3 Å². The van der Waals surface area contributed by atoms with Crippen molar-refractivity contribution in [1.29, 1.82) is 5.26 Å². The predicted molar refractivity (Wildman–Crippen MR) is 135 cm³/mol. The van der Waals surface area contributed by atoms with Crippen LogP contribution in [0.5, 0.6) is 0 Å². The fourth-order valence-electron chi connectivity index (χ4n) is 4.18. The lowest BCUT2D eigenvalue weighted by molar-refractivity contribution is -0.113. The monoisotopic (exact) mass is 491 g/mol. The molecular formula is C25H25N5O2S2. The van der Waals surface area contributed by atoms with E-state index in [0.717, 1.165) is 52.0 Å². The molecule has 3 heterocycles. The molecule has 0 saturated heterocycles. The topological polar surface area (TPSA) is 96.7 Å². The van der Waals surface area contributed by atoms with E-state index in [9.17, 15) is 10.1 Å². The van der Waals surface area contributed by atoms with E-state index in [1.807, 2.05) is 35.8 Å².